The van der Waals surface area contributed by atoms with Gasteiger partial charge >= 0.3 is 0 Å². The number of amides is 1. The summed E-state index contributed by atoms with van der Waals surface area (Å²) in [6, 6.07) is 15.3. The molecule has 9 nitrogen and oxygen atoms in total. The first-order valence-corrected chi connectivity index (χ1v) is 11.6. The van der Waals surface area contributed by atoms with Gasteiger partial charge in [0.15, 0.2) is 0 Å². The summed E-state index contributed by atoms with van der Waals surface area (Å²) in [6.45, 7) is 5.45. The minimum absolute atomic E-state index is 0.00541. The maximum Gasteiger partial charge on any atom is 0.295 e. The molecule has 3 aromatic rings. The van der Waals surface area contributed by atoms with Gasteiger partial charge in [-0.05, 0) is 57.2 Å². The Morgan fingerprint density at radius 3 is 2.28 bits per heavy atom. The number of hydrogen-bond acceptors (Lipinski definition) is 5. The molecular weight excluding hydrogens is 432 g/mol. The second-order valence-electron chi connectivity index (χ2n) is 7.54. The number of aromatic nitrogens is 2. The van der Waals surface area contributed by atoms with Gasteiger partial charge in [0, 0.05) is 12.7 Å². The molecule has 0 radical (unpaired) electrons. The zero-order valence-electron chi connectivity index (χ0n) is 18.3. The molecule has 0 unspecified atom stereocenters. The number of anilines is 2. The Hall–Kier alpha value is -3.53. The van der Waals surface area contributed by atoms with Crippen LogP contribution in [0.1, 0.15) is 19.5 Å². The number of sulfonamides is 1. The second kappa shape index (κ2) is 9.31. The highest BCUT2D eigenvalue weighted by molar-refractivity contribution is 7.93. The van der Waals surface area contributed by atoms with Gasteiger partial charge < -0.3 is 10.1 Å². The summed E-state index contributed by atoms with van der Waals surface area (Å²) in [6.07, 6.45) is -0.00541. The summed E-state index contributed by atoms with van der Waals surface area (Å²) >= 11 is 0. The van der Waals surface area contributed by atoms with Crippen LogP contribution in [0, 0.1) is 6.92 Å². The lowest BCUT2D eigenvalue weighted by Crippen LogP contribution is -2.29. The first-order valence-electron chi connectivity index (χ1n) is 9.98. The molecule has 0 saturated heterocycles. The van der Waals surface area contributed by atoms with Gasteiger partial charge in [-0.25, -0.2) is 13.1 Å². The van der Waals surface area contributed by atoms with Crippen molar-refractivity contribution in [1.82, 2.24) is 9.36 Å². The maximum atomic E-state index is 12.9. The lowest BCUT2D eigenvalue weighted by atomic mass is 10.3. The van der Waals surface area contributed by atoms with Crippen LogP contribution in [-0.2, 0) is 21.9 Å². The fraction of sp³-hybridized carbons (Fsp3) is 0.273. The molecule has 2 aromatic carbocycles. The Balaban J connectivity index is 1.72. The van der Waals surface area contributed by atoms with Crippen LogP contribution in [0.15, 0.2) is 59.4 Å². The Morgan fingerprint density at radius 1 is 1.06 bits per heavy atom. The average molecular weight is 459 g/mol. The molecule has 0 aliphatic heterocycles. The number of benzene rings is 2. The predicted octanol–water partition coefficient (Wildman–Crippen LogP) is 2.65. The molecule has 1 amide bonds. The van der Waals surface area contributed by atoms with E-state index >= 15 is 0 Å². The molecule has 0 atom stereocenters. The van der Waals surface area contributed by atoms with Gasteiger partial charge in [-0.1, -0.05) is 18.2 Å². The van der Waals surface area contributed by atoms with E-state index in [0.717, 1.165) is 0 Å². The smallest absolute Gasteiger partial charge is 0.295 e. The largest absolute Gasteiger partial charge is 0.491 e. The van der Waals surface area contributed by atoms with Gasteiger partial charge in [-0.2, -0.15) is 0 Å². The molecule has 0 bridgehead atoms. The van der Waals surface area contributed by atoms with E-state index in [1.54, 1.807) is 67.2 Å². The number of rotatable bonds is 8. The van der Waals surface area contributed by atoms with Gasteiger partial charge in [-0.15, -0.1) is 0 Å². The zero-order valence-corrected chi connectivity index (χ0v) is 19.1. The van der Waals surface area contributed by atoms with Crippen LogP contribution < -0.4 is 20.3 Å². The van der Waals surface area contributed by atoms with E-state index in [1.165, 1.54) is 4.68 Å². The van der Waals surface area contributed by atoms with Gasteiger partial charge in [0.25, 0.3) is 5.56 Å². The van der Waals surface area contributed by atoms with Gasteiger partial charge in [0.1, 0.15) is 17.2 Å². The van der Waals surface area contributed by atoms with Crippen molar-refractivity contribution < 1.29 is 17.9 Å². The summed E-state index contributed by atoms with van der Waals surface area (Å²) in [4.78, 5) is 25.3. The Kier molecular flexibility index (Phi) is 6.73. The molecular formula is C22H26N4O5S. The first-order chi connectivity index (χ1) is 15.1. The molecule has 170 valence electrons. The third-order valence-electron chi connectivity index (χ3n) is 4.64. The molecule has 0 saturated carbocycles. The minimum Gasteiger partial charge on any atom is -0.491 e. The first kappa shape index (κ1) is 23.1. The SMILES string of the molecule is Cc1c(NC(=O)CS(=O)(=O)Nc2ccc(OC(C)C)cc2)c(=O)n(-c2ccccc2)n1C. The molecule has 0 aliphatic carbocycles. The lowest BCUT2D eigenvalue weighted by molar-refractivity contribution is -0.113. The molecule has 0 fully saturated rings. The Bertz CT molecular complexity index is 1260. The van der Waals surface area contributed by atoms with Crippen molar-refractivity contribution in [2.24, 2.45) is 7.05 Å². The highest BCUT2D eigenvalue weighted by Gasteiger charge is 2.22. The lowest BCUT2D eigenvalue weighted by Gasteiger charge is -2.11. The number of carbonyl (C=O) groups is 1. The number of para-hydroxylation sites is 1. The molecule has 0 spiro atoms. The van der Waals surface area contributed by atoms with Crippen LogP contribution in [0.3, 0.4) is 0 Å². The van der Waals surface area contributed by atoms with E-state index in [-0.39, 0.29) is 11.8 Å². The maximum absolute atomic E-state index is 12.9. The number of nitrogens with one attached hydrogen (secondary N) is 2. The number of hydrogen-bond donors (Lipinski definition) is 2. The van der Waals surface area contributed by atoms with E-state index in [9.17, 15) is 18.0 Å². The monoisotopic (exact) mass is 458 g/mol. The molecule has 1 heterocycles. The van der Waals surface area contributed by atoms with Crippen molar-refractivity contribution in [3.05, 3.63) is 70.6 Å². The van der Waals surface area contributed by atoms with Gasteiger partial charge in [0.05, 0.1) is 17.5 Å². The summed E-state index contributed by atoms with van der Waals surface area (Å²) in [7, 11) is -2.30. The Labute approximate surface area is 186 Å². The van der Waals surface area contributed by atoms with E-state index in [0.29, 0.717) is 22.8 Å². The topological polar surface area (TPSA) is 111 Å². The summed E-state index contributed by atoms with van der Waals surface area (Å²) in [5.74, 6) is -1.05. The highest BCUT2D eigenvalue weighted by Crippen LogP contribution is 2.18. The van der Waals surface area contributed by atoms with E-state index in [4.69, 9.17) is 4.74 Å². The van der Waals surface area contributed by atoms with Crippen LogP contribution in [0.2, 0.25) is 0 Å². The third-order valence-corrected chi connectivity index (χ3v) is 5.83. The quantitative estimate of drug-likeness (QED) is 0.539. The van der Waals surface area contributed by atoms with Crippen molar-refractivity contribution in [2.75, 3.05) is 15.8 Å². The normalized spacial score (nSPS) is 11.4. The van der Waals surface area contributed by atoms with Crippen LogP contribution >= 0.6 is 0 Å². The molecule has 3 rings (SSSR count). The number of ether oxygens (including phenoxy) is 1. The minimum atomic E-state index is -3.99. The van der Waals surface area contributed by atoms with E-state index in [2.05, 4.69) is 10.0 Å². The molecule has 10 heteroatoms. The summed E-state index contributed by atoms with van der Waals surface area (Å²) < 4.78 is 35.7. The number of nitrogens with zero attached hydrogens (tertiary/aromatic N) is 2. The standard InChI is InChI=1S/C22H26N4O5S/c1-15(2)31-19-12-10-17(11-13-19)24-32(29,30)14-20(27)23-21-16(3)25(4)26(22(21)28)18-8-6-5-7-9-18/h5-13,15,24H,14H2,1-4H3,(H,23,27). The molecule has 0 aliphatic rings. The van der Waals surface area contributed by atoms with Crippen molar-refractivity contribution in [2.45, 2.75) is 26.9 Å². The van der Waals surface area contributed by atoms with Crippen molar-refractivity contribution in [3.8, 4) is 11.4 Å². The zero-order chi connectivity index (χ0) is 23.5. The van der Waals surface area contributed by atoms with Gasteiger partial charge in [-0.3, -0.25) is 19.0 Å². The van der Waals surface area contributed by atoms with Crippen LogP contribution in [-0.4, -0.2) is 35.5 Å². The van der Waals surface area contributed by atoms with Crippen LogP contribution in [0.4, 0.5) is 11.4 Å². The third kappa shape index (κ3) is 5.38. The second-order valence-corrected chi connectivity index (χ2v) is 9.26. The van der Waals surface area contributed by atoms with Crippen molar-refractivity contribution in [1.29, 1.82) is 0 Å². The van der Waals surface area contributed by atoms with E-state index < -0.39 is 27.2 Å². The highest BCUT2D eigenvalue weighted by atomic mass is 32.2. The molecule has 32 heavy (non-hydrogen) atoms. The van der Waals surface area contributed by atoms with Crippen molar-refractivity contribution >= 4 is 27.3 Å². The fourth-order valence-corrected chi connectivity index (χ4v) is 4.13. The van der Waals surface area contributed by atoms with Crippen LogP contribution in [0.5, 0.6) is 5.75 Å². The summed E-state index contributed by atoms with van der Waals surface area (Å²) in [5.41, 5.74) is 1.01. The van der Waals surface area contributed by atoms with Gasteiger partial charge in [0.2, 0.25) is 15.9 Å². The molecule has 2 N–H and O–H groups in total. The average Bonchev–Trinajstić information content (AvgIpc) is 2.92. The summed E-state index contributed by atoms with van der Waals surface area (Å²) in [5, 5.41) is 2.45. The van der Waals surface area contributed by atoms with Crippen LogP contribution in [0.25, 0.3) is 5.69 Å². The van der Waals surface area contributed by atoms with Crippen molar-refractivity contribution in [3.63, 3.8) is 0 Å². The molecule has 1 aromatic heterocycles. The predicted molar refractivity (Wildman–Crippen MR) is 124 cm³/mol. The Morgan fingerprint density at radius 2 is 1.69 bits per heavy atom. The number of carbonyl (C=O) groups excluding carboxylic acids is 1. The van der Waals surface area contributed by atoms with E-state index in [1.807, 2.05) is 19.9 Å². The fourth-order valence-electron chi connectivity index (χ4n) is 3.15.